The average molecular weight is 467 g/mol. The van der Waals surface area contributed by atoms with E-state index in [0.29, 0.717) is 53.4 Å². The molecule has 0 saturated carbocycles. The standard InChI is InChI=1S/C24H23ClN4O4/c1-15-11-19-22(30)29(18-7-8-20-21(12-18)33-10-9-32-20)24(2,14-28(19)27-15)23(31)26-13-16-3-5-17(25)6-4-16/h3-8,11-12H,9-10,13-14H2,1-2H3,(H,26,31)/t24-/m1/s1. The molecular formula is C24H23ClN4O4. The topological polar surface area (TPSA) is 85.7 Å². The molecule has 9 heteroatoms. The largest absolute Gasteiger partial charge is 0.486 e. The van der Waals surface area contributed by atoms with Crippen molar-refractivity contribution in [2.75, 3.05) is 18.1 Å². The Bertz CT molecular complexity index is 1240. The van der Waals surface area contributed by atoms with Crippen LogP contribution in [-0.4, -0.2) is 40.3 Å². The minimum Gasteiger partial charge on any atom is -0.486 e. The van der Waals surface area contributed by atoms with E-state index in [4.69, 9.17) is 21.1 Å². The number of rotatable bonds is 4. The maximum absolute atomic E-state index is 13.6. The Balaban J connectivity index is 1.51. The fourth-order valence-electron chi connectivity index (χ4n) is 4.26. The first-order chi connectivity index (χ1) is 15.8. The highest BCUT2D eigenvalue weighted by molar-refractivity contribution is 6.30. The Morgan fingerprint density at radius 1 is 1.12 bits per heavy atom. The van der Waals surface area contributed by atoms with Crippen LogP contribution in [-0.2, 0) is 17.9 Å². The van der Waals surface area contributed by atoms with E-state index >= 15 is 0 Å². The third kappa shape index (κ3) is 3.80. The quantitative estimate of drug-likeness (QED) is 0.637. The van der Waals surface area contributed by atoms with Crippen LogP contribution >= 0.6 is 11.6 Å². The first-order valence-corrected chi connectivity index (χ1v) is 11.0. The van der Waals surface area contributed by atoms with Crippen LogP contribution in [0.5, 0.6) is 11.5 Å². The van der Waals surface area contributed by atoms with Crippen molar-refractivity contribution in [1.29, 1.82) is 0 Å². The van der Waals surface area contributed by atoms with Crippen molar-refractivity contribution in [3.05, 3.63) is 70.5 Å². The summed E-state index contributed by atoms with van der Waals surface area (Å²) < 4.78 is 12.9. The molecule has 3 aromatic rings. The van der Waals surface area contributed by atoms with Gasteiger partial charge in [-0.25, -0.2) is 0 Å². The Labute approximate surface area is 196 Å². The Hall–Kier alpha value is -3.52. The third-order valence-electron chi connectivity index (χ3n) is 5.91. The molecule has 1 N–H and O–H groups in total. The zero-order chi connectivity index (χ0) is 23.2. The number of nitrogens with zero attached hydrogens (tertiary/aromatic N) is 3. The lowest BCUT2D eigenvalue weighted by Gasteiger charge is -2.43. The second-order valence-electron chi connectivity index (χ2n) is 8.38. The smallest absolute Gasteiger partial charge is 0.277 e. The summed E-state index contributed by atoms with van der Waals surface area (Å²) in [6, 6.07) is 14.3. The van der Waals surface area contributed by atoms with Crippen molar-refractivity contribution < 1.29 is 19.1 Å². The number of nitrogens with one attached hydrogen (secondary N) is 1. The molecule has 0 radical (unpaired) electrons. The molecule has 5 rings (SSSR count). The minimum absolute atomic E-state index is 0.211. The van der Waals surface area contributed by atoms with Gasteiger partial charge in [0.2, 0.25) is 5.91 Å². The maximum Gasteiger partial charge on any atom is 0.277 e. The zero-order valence-electron chi connectivity index (χ0n) is 18.3. The summed E-state index contributed by atoms with van der Waals surface area (Å²) in [6.45, 7) is 4.99. The van der Waals surface area contributed by atoms with Gasteiger partial charge in [0.25, 0.3) is 5.91 Å². The second kappa shape index (κ2) is 8.12. The highest BCUT2D eigenvalue weighted by Crippen LogP contribution is 2.39. The van der Waals surface area contributed by atoms with Gasteiger partial charge in [0.1, 0.15) is 24.4 Å². The van der Waals surface area contributed by atoms with Crippen molar-refractivity contribution in [2.24, 2.45) is 0 Å². The highest BCUT2D eigenvalue weighted by Gasteiger charge is 2.49. The molecule has 2 aromatic carbocycles. The van der Waals surface area contributed by atoms with E-state index in [1.165, 1.54) is 4.90 Å². The average Bonchev–Trinajstić information content (AvgIpc) is 3.18. The predicted octanol–water partition coefficient (Wildman–Crippen LogP) is 3.35. The Kier molecular flexibility index (Phi) is 5.25. The molecule has 33 heavy (non-hydrogen) atoms. The zero-order valence-corrected chi connectivity index (χ0v) is 19.1. The lowest BCUT2D eigenvalue weighted by Crippen LogP contribution is -2.64. The van der Waals surface area contributed by atoms with Crippen LogP contribution in [0, 0.1) is 6.92 Å². The van der Waals surface area contributed by atoms with Gasteiger partial charge >= 0.3 is 0 Å². The van der Waals surface area contributed by atoms with Gasteiger partial charge in [0.05, 0.1) is 12.2 Å². The molecule has 0 aliphatic carbocycles. The number of carbonyl (C=O) groups excluding carboxylic acids is 2. The molecule has 1 atom stereocenters. The number of anilines is 1. The first kappa shape index (κ1) is 21.3. The molecule has 0 bridgehead atoms. The molecule has 8 nitrogen and oxygen atoms in total. The molecule has 0 saturated heterocycles. The summed E-state index contributed by atoms with van der Waals surface area (Å²) in [4.78, 5) is 28.7. The summed E-state index contributed by atoms with van der Waals surface area (Å²) in [5.74, 6) is 0.567. The fraction of sp³-hybridized carbons (Fsp3) is 0.292. The van der Waals surface area contributed by atoms with Gasteiger partial charge in [0, 0.05) is 23.3 Å². The number of ether oxygens (including phenoxy) is 2. The summed E-state index contributed by atoms with van der Waals surface area (Å²) in [7, 11) is 0. The Morgan fingerprint density at radius 2 is 1.85 bits per heavy atom. The molecule has 2 aliphatic rings. The van der Waals surface area contributed by atoms with Crippen LogP contribution < -0.4 is 19.7 Å². The Morgan fingerprint density at radius 3 is 2.61 bits per heavy atom. The van der Waals surface area contributed by atoms with Crippen molar-refractivity contribution in [3.63, 3.8) is 0 Å². The third-order valence-corrected chi connectivity index (χ3v) is 6.17. The van der Waals surface area contributed by atoms with Gasteiger partial charge in [-0.15, -0.1) is 0 Å². The van der Waals surface area contributed by atoms with Gasteiger partial charge in [-0.3, -0.25) is 19.2 Å². The monoisotopic (exact) mass is 466 g/mol. The fourth-order valence-corrected chi connectivity index (χ4v) is 4.39. The number of benzene rings is 2. The van der Waals surface area contributed by atoms with Crippen molar-refractivity contribution >= 4 is 29.1 Å². The molecule has 2 aliphatic heterocycles. The molecule has 2 amide bonds. The van der Waals surface area contributed by atoms with E-state index in [2.05, 4.69) is 10.4 Å². The lowest BCUT2D eigenvalue weighted by atomic mass is 9.93. The SMILES string of the molecule is Cc1cc2n(n1)C[C@](C)(C(=O)NCc1ccc(Cl)cc1)N(c1ccc3c(c1)OCCO3)C2=O. The number of amides is 2. The summed E-state index contributed by atoms with van der Waals surface area (Å²) in [5, 5.41) is 8.04. The van der Waals surface area contributed by atoms with Crippen LogP contribution in [0.15, 0.2) is 48.5 Å². The summed E-state index contributed by atoms with van der Waals surface area (Å²) >= 11 is 5.96. The van der Waals surface area contributed by atoms with E-state index < -0.39 is 5.54 Å². The summed E-state index contributed by atoms with van der Waals surface area (Å²) in [5.41, 5.74) is 1.38. The van der Waals surface area contributed by atoms with Gasteiger partial charge in [-0.1, -0.05) is 23.7 Å². The number of carbonyl (C=O) groups is 2. The number of hydrogen-bond acceptors (Lipinski definition) is 5. The number of hydrogen-bond donors (Lipinski definition) is 1. The lowest BCUT2D eigenvalue weighted by molar-refractivity contribution is -0.126. The van der Waals surface area contributed by atoms with E-state index in [9.17, 15) is 9.59 Å². The molecule has 0 spiro atoms. The van der Waals surface area contributed by atoms with Crippen LogP contribution in [0.2, 0.25) is 5.02 Å². The van der Waals surface area contributed by atoms with Crippen LogP contribution in [0.1, 0.15) is 28.7 Å². The van der Waals surface area contributed by atoms with Crippen molar-refractivity contribution in [1.82, 2.24) is 15.1 Å². The van der Waals surface area contributed by atoms with Crippen LogP contribution in [0.25, 0.3) is 0 Å². The molecule has 3 heterocycles. The van der Waals surface area contributed by atoms with Crippen LogP contribution in [0.4, 0.5) is 5.69 Å². The van der Waals surface area contributed by atoms with Gasteiger partial charge in [-0.2, -0.15) is 5.10 Å². The molecule has 170 valence electrons. The number of fused-ring (bicyclic) bond motifs is 2. The molecule has 1 aromatic heterocycles. The highest BCUT2D eigenvalue weighted by atomic mass is 35.5. The van der Waals surface area contributed by atoms with Gasteiger partial charge < -0.3 is 14.8 Å². The van der Waals surface area contributed by atoms with Crippen molar-refractivity contribution in [3.8, 4) is 11.5 Å². The number of aromatic nitrogens is 2. The normalized spacial score (nSPS) is 19.2. The van der Waals surface area contributed by atoms with Crippen molar-refractivity contribution in [2.45, 2.75) is 32.5 Å². The van der Waals surface area contributed by atoms with E-state index in [1.54, 1.807) is 48.0 Å². The van der Waals surface area contributed by atoms with E-state index in [-0.39, 0.29) is 18.4 Å². The van der Waals surface area contributed by atoms with Gasteiger partial charge in [0.15, 0.2) is 11.5 Å². The summed E-state index contributed by atoms with van der Waals surface area (Å²) in [6.07, 6.45) is 0. The van der Waals surface area contributed by atoms with Crippen LogP contribution in [0.3, 0.4) is 0 Å². The minimum atomic E-state index is -1.22. The van der Waals surface area contributed by atoms with E-state index in [1.807, 2.05) is 19.1 Å². The molecule has 0 unspecified atom stereocenters. The second-order valence-corrected chi connectivity index (χ2v) is 8.82. The molecule has 0 fully saturated rings. The maximum atomic E-state index is 13.6. The molecular weight excluding hydrogens is 444 g/mol. The number of aryl methyl sites for hydroxylation is 1. The van der Waals surface area contributed by atoms with Gasteiger partial charge in [-0.05, 0) is 49.7 Å². The number of halogens is 1. The van der Waals surface area contributed by atoms with E-state index in [0.717, 1.165) is 5.56 Å². The predicted molar refractivity (Wildman–Crippen MR) is 123 cm³/mol. The first-order valence-electron chi connectivity index (χ1n) is 10.7.